The van der Waals surface area contributed by atoms with Gasteiger partial charge in [-0.15, -0.1) is 0 Å². The van der Waals surface area contributed by atoms with E-state index in [4.69, 9.17) is 14.2 Å². The summed E-state index contributed by atoms with van der Waals surface area (Å²) < 4.78 is 15.7. The Kier molecular flexibility index (Phi) is 10.4. The van der Waals surface area contributed by atoms with E-state index in [9.17, 15) is 14.4 Å². The molecule has 190 valence electrons. The lowest BCUT2D eigenvalue weighted by Gasteiger charge is -2.19. The molecular weight excluding hydrogens is 450 g/mol. The number of carbonyl (C=O) groups excluding carboxylic acids is 3. The Bertz CT molecular complexity index is 1020. The number of para-hydroxylation sites is 1. The topological polar surface area (TPSA) is 115 Å². The molecule has 9 heteroatoms. The van der Waals surface area contributed by atoms with E-state index in [2.05, 4.69) is 16.0 Å². The molecular formula is C26H35N3O6. The van der Waals surface area contributed by atoms with Gasteiger partial charge >= 0.3 is 6.09 Å². The second-order valence-corrected chi connectivity index (χ2v) is 8.85. The molecule has 0 aliphatic rings. The predicted octanol–water partition coefficient (Wildman–Crippen LogP) is 3.81. The van der Waals surface area contributed by atoms with E-state index in [1.165, 1.54) is 0 Å². The molecule has 0 bridgehead atoms. The SMILES string of the molecule is COc1ccc(CCC(=O)Nc2ccccc2CNC(=O)CCNC(=O)OC(C)(C)C)cc1OC. The largest absolute Gasteiger partial charge is 0.493 e. The minimum atomic E-state index is -0.595. The zero-order chi connectivity index (χ0) is 25.8. The number of nitrogens with one attached hydrogen (secondary N) is 3. The van der Waals surface area contributed by atoms with E-state index in [1.807, 2.05) is 36.4 Å². The highest BCUT2D eigenvalue weighted by Crippen LogP contribution is 2.28. The summed E-state index contributed by atoms with van der Waals surface area (Å²) in [5, 5.41) is 8.28. The predicted molar refractivity (Wildman–Crippen MR) is 134 cm³/mol. The highest BCUT2D eigenvalue weighted by molar-refractivity contribution is 5.91. The standard InChI is InChI=1S/C26H35N3O6/c1-26(2,3)35-25(32)27-15-14-23(30)28-17-19-8-6-7-9-20(19)29-24(31)13-11-18-10-12-21(33-4)22(16-18)34-5/h6-10,12,16H,11,13-15,17H2,1-5H3,(H,27,32)(H,28,30)(H,29,31). The average Bonchev–Trinajstić information content (AvgIpc) is 2.80. The molecule has 0 aliphatic carbocycles. The fraction of sp³-hybridized carbons (Fsp3) is 0.423. The molecule has 3 N–H and O–H groups in total. The molecule has 3 amide bonds. The molecule has 2 aromatic carbocycles. The number of amides is 3. The molecule has 0 aliphatic heterocycles. The van der Waals surface area contributed by atoms with Crippen LogP contribution in [0.1, 0.15) is 44.7 Å². The van der Waals surface area contributed by atoms with Crippen LogP contribution < -0.4 is 25.4 Å². The van der Waals surface area contributed by atoms with E-state index in [0.29, 0.717) is 23.6 Å². The summed E-state index contributed by atoms with van der Waals surface area (Å²) in [7, 11) is 3.15. The summed E-state index contributed by atoms with van der Waals surface area (Å²) in [4.78, 5) is 36.4. The molecule has 35 heavy (non-hydrogen) atoms. The number of benzene rings is 2. The molecule has 0 atom stereocenters. The monoisotopic (exact) mass is 485 g/mol. The van der Waals surface area contributed by atoms with Gasteiger partial charge in [0, 0.05) is 31.6 Å². The number of carbonyl (C=O) groups is 3. The Morgan fingerprint density at radius 1 is 0.857 bits per heavy atom. The van der Waals surface area contributed by atoms with Crippen LogP contribution >= 0.6 is 0 Å². The summed E-state index contributed by atoms with van der Waals surface area (Å²) in [6, 6.07) is 12.9. The Labute approximate surface area is 206 Å². The van der Waals surface area contributed by atoms with Crippen molar-refractivity contribution in [1.29, 1.82) is 0 Å². The van der Waals surface area contributed by atoms with Gasteiger partial charge in [0.05, 0.1) is 14.2 Å². The minimum Gasteiger partial charge on any atom is -0.493 e. The summed E-state index contributed by atoms with van der Waals surface area (Å²) in [6.45, 7) is 5.72. The second-order valence-electron chi connectivity index (χ2n) is 8.85. The third kappa shape index (κ3) is 9.95. The van der Waals surface area contributed by atoms with Crippen LogP contribution in [0, 0.1) is 0 Å². The first-order valence-corrected chi connectivity index (χ1v) is 11.4. The van der Waals surface area contributed by atoms with Gasteiger partial charge in [-0.25, -0.2) is 4.79 Å². The van der Waals surface area contributed by atoms with Crippen LogP contribution in [-0.4, -0.2) is 44.3 Å². The van der Waals surface area contributed by atoms with Gasteiger partial charge in [-0.2, -0.15) is 0 Å². The first-order valence-electron chi connectivity index (χ1n) is 11.4. The van der Waals surface area contributed by atoms with Crippen molar-refractivity contribution in [2.24, 2.45) is 0 Å². The van der Waals surface area contributed by atoms with Gasteiger partial charge in [0.1, 0.15) is 5.60 Å². The van der Waals surface area contributed by atoms with Gasteiger partial charge < -0.3 is 30.2 Å². The van der Waals surface area contributed by atoms with Crippen molar-refractivity contribution in [2.45, 2.75) is 52.2 Å². The third-order valence-electron chi connectivity index (χ3n) is 4.88. The number of methoxy groups -OCH3 is 2. The molecule has 2 aromatic rings. The molecule has 0 fully saturated rings. The van der Waals surface area contributed by atoms with Crippen molar-refractivity contribution in [3.8, 4) is 11.5 Å². The molecule has 0 saturated heterocycles. The number of anilines is 1. The van der Waals surface area contributed by atoms with E-state index in [1.54, 1.807) is 41.1 Å². The van der Waals surface area contributed by atoms with E-state index in [0.717, 1.165) is 11.1 Å². The fourth-order valence-electron chi connectivity index (χ4n) is 3.18. The van der Waals surface area contributed by atoms with Gasteiger partial charge in [-0.3, -0.25) is 9.59 Å². The van der Waals surface area contributed by atoms with Crippen LogP contribution in [0.2, 0.25) is 0 Å². The number of ether oxygens (including phenoxy) is 3. The van der Waals surface area contributed by atoms with Crippen LogP contribution in [0.25, 0.3) is 0 Å². The van der Waals surface area contributed by atoms with Crippen molar-refractivity contribution in [1.82, 2.24) is 10.6 Å². The van der Waals surface area contributed by atoms with Gasteiger partial charge in [0.2, 0.25) is 11.8 Å². The number of alkyl carbamates (subject to hydrolysis) is 1. The number of hydrogen-bond acceptors (Lipinski definition) is 6. The molecule has 0 spiro atoms. The van der Waals surface area contributed by atoms with Crippen molar-refractivity contribution in [2.75, 3.05) is 26.1 Å². The quantitative estimate of drug-likeness (QED) is 0.446. The molecule has 0 heterocycles. The molecule has 9 nitrogen and oxygen atoms in total. The summed E-state index contributed by atoms with van der Waals surface area (Å²) >= 11 is 0. The maximum atomic E-state index is 12.6. The number of hydrogen-bond donors (Lipinski definition) is 3. The third-order valence-corrected chi connectivity index (χ3v) is 4.88. The van der Waals surface area contributed by atoms with Crippen molar-refractivity contribution in [3.63, 3.8) is 0 Å². The second kappa shape index (κ2) is 13.2. The molecule has 0 saturated carbocycles. The lowest BCUT2D eigenvalue weighted by molar-refractivity contribution is -0.121. The zero-order valence-corrected chi connectivity index (χ0v) is 21.0. The van der Waals surface area contributed by atoms with Crippen LogP contribution in [0.5, 0.6) is 11.5 Å². The molecule has 0 aromatic heterocycles. The van der Waals surface area contributed by atoms with Crippen molar-refractivity contribution >= 4 is 23.6 Å². The van der Waals surface area contributed by atoms with E-state index < -0.39 is 11.7 Å². The van der Waals surface area contributed by atoms with Crippen molar-refractivity contribution in [3.05, 3.63) is 53.6 Å². The van der Waals surface area contributed by atoms with Crippen LogP contribution in [0.4, 0.5) is 10.5 Å². The molecule has 2 rings (SSSR count). The molecule has 0 radical (unpaired) electrons. The maximum absolute atomic E-state index is 12.6. The Morgan fingerprint density at radius 3 is 2.26 bits per heavy atom. The summed E-state index contributed by atoms with van der Waals surface area (Å²) in [5.74, 6) is 0.890. The fourth-order valence-corrected chi connectivity index (χ4v) is 3.18. The van der Waals surface area contributed by atoms with Gasteiger partial charge in [-0.1, -0.05) is 24.3 Å². The first kappa shape index (κ1) is 27.5. The average molecular weight is 486 g/mol. The molecule has 0 unspecified atom stereocenters. The normalized spacial score (nSPS) is 10.8. The summed E-state index contributed by atoms with van der Waals surface area (Å²) in [5.41, 5.74) is 1.78. The van der Waals surface area contributed by atoms with E-state index >= 15 is 0 Å². The van der Waals surface area contributed by atoms with Crippen molar-refractivity contribution < 1.29 is 28.6 Å². The first-order chi connectivity index (χ1) is 16.6. The van der Waals surface area contributed by atoms with E-state index in [-0.39, 0.29) is 37.7 Å². The highest BCUT2D eigenvalue weighted by Gasteiger charge is 2.16. The van der Waals surface area contributed by atoms with Crippen LogP contribution in [0.15, 0.2) is 42.5 Å². The zero-order valence-electron chi connectivity index (χ0n) is 21.0. The lowest BCUT2D eigenvalue weighted by atomic mass is 10.1. The van der Waals surface area contributed by atoms with Gasteiger partial charge in [0.25, 0.3) is 0 Å². The Balaban J connectivity index is 1.82. The number of rotatable bonds is 11. The van der Waals surface area contributed by atoms with Crippen LogP contribution in [0.3, 0.4) is 0 Å². The van der Waals surface area contributed by atoms with Gasteiger partial charge in [0.15, 0.2) is 11.5 Å². The van der Waals surface area contributed by atoms with Gasteiger partial charge in [-0.05, 0) is 56.5 Å². The Hall–Kier alpha value is -3.75. The highest BCUT2D eigenvalue weighted by atomic mass is 16.6. The summed E-state index contributed by atoms with van der Waals surface area (Å²) in [6.07, 6.45) is 0.368. The maximum Gasteiger partial charge on any atom is 0.407 e. The minimum absolute atomic E-state index is 0.110. The lowest BCUT2D eigenvalue weighted by Crippen LogP contribution is -2.35. The Morgan fingerprint density at radius 2 is 1.57 bits per heavy atom. The number of aryl methyl sites for hydroxylation is 1. The van der Waals surface area contributed by atoms with Crippen LogP contribution in [-0.2, 0) is 27.3 Å². The smallest absolute Gasteiger partial charge is 0.407 e.